The van der Waals surface area contributed by atoms with Gasteiger partial charge in [-0.2, -0.15) is 0 Å². The number of nitrogens with zero attached hydrogens (tertiary/aromatic N) is 2. The SMILES string of the molecule is CN(CCc1ccc([N+](=O)[O-])cc1Cl)C1CC1. The molecule has 0 spiro atoms. The molecular formula is C12H15ClN2O2. The molecule has 1 saturated carbocycles. The lowest BCUT2D eigenvalue weighted by atomic mass is 10.1. The van der Waals surface area contributed by atoms with E-state index in [-0.39, 0.29) is 5.69 Å². The van der Waals surface area contributed by atoms with Crippen LogP contribution in [0.2, 0.25) is 5.02 Å². The molecule has 0 aromatic heterocycles. The molecular weight excluding hydrogens is 240 g/mol. The summed E-state index contributed by atoms with van der Waals surface area (Å²) in [5, 5.41) is 11.1. The molecule has 1 aliphatic carbocycles. The Labute approximate surface area is 105 Å². The Balaban J connectivity index is 1.98. The lowest BCUT2D eigenvalue weighted by molar-refractivity contribution is -0.384. The van der Waals surface area contributed by atoms with E-state index in [2.05, 4.69) is 11.9 Å². The third-order valence-electron chi connectivity index (χ3n) is 3.15. The highest BCUT2D eigenvalue weighted by Gasteiger charge is 2.25. The first-order valence-electron chi connectivity index (χ1n) is 5.71. The van der Waals surface area contributed by atoms with Crippen LogP contribution in [0.3, 0.4) is 0 Å². The van der Waals surface area contributed by atoms with Gasteiger partial charge in [-0.25, -0.2) is 0 Å². The van der Waals surface area contributed by atoms with Crippen molar-refractivity contribution in [1.29, 1.82) is 0 Å². The van der Waals surface area contributed by atoms with Gasteiger partial charge in [0.1, 0.15) is 0 Å². The van der Waals surface area contributed by atoms with E-state index in [9.17, 15) is 10.1 Å². The number of nitro benzene ring substituents is 1. The molecule has 92 valence electrons. The van der Waals surface area contributed by atoms with Crippen molar-refractivity contribution in [3.05, 3.63) is 38.9 Å². The summed E-state index contributed by atoms with van der Waals surface area (Å²) in [7, 11) is 2.11. The number of hydrogen-bond donors (Lipinski definition) is 0. The summed E-state index contributed by atoms with van der Waals surface area (Å²) in [6, 6.07) is 5.42. The molecule has 0 radical (unpaired) electrons. The minimum absolute atomic E-state index is 0.0503. The maximum Gasteiger partial charge on any atom is 0.270 e. The topological polar surface area (TPSA) is 46.4 Å². The molecule has 0 unspecified atom stereocenters. The Morgan fingerprint density at radius 1 is 1.53 bits per heavy atom. The van der Waals surface area contributed by atoms with Crippen molar-refractivity contribution >= 4 is 17.3 Å². The summed E-state index contributed by atoms with van der Waals surface area (Å²) >= 11 is 6.03. The second-order valence-electron chi connectivity index (χ2n) is 4.49. The lowest BCUT2D eigenvalue weighted by Gasteiger charge is -2.15. The summed E-state index contributed by atoms with van der Waals surface area (Å²) in [5.74, 6) is 0. The van der Waals surface area contributed by atoms with Crippen molar-refractivity contribution in [3.8, 4) is 0 Å². The fourth-order valence-corrected chi connectivity index (χ4v) is 2.12. The second kappa shape index (κ2) is 5.02. The first-order valence-corrected chi connectivity index (χ1v) is 6.09. The van der Waals surface area contributed by atoms with Gasteiger partial charge < -0.3 is 4.90 Å². The first-order chi connectivity index (χ1) is 8.08. The van der Waals surface area contributed by atoms with E-state index in [1.165, 1.54) is 25.0 Å². The maximum absolute atomic E-state index is 10.6. The monoisotopic (exact) mass is 254 g/mol. The molecule has 0 saturated heterocycles. The Morgan fingerprint density at radius 3 is 2.76 bits per heavy atom. The van der Waals surface area contributed by atoms with Crippen LogP contribution in [0, 0.1) is 10.1 Å². The van der Waals surface area contributed by atoms with E-state index < -0.39 is 4.92 Å². The highest BCUT2D eigenvalue weighted by molar-refractivity contribution is 6.31. The van der Waals surface area contributed by atoms with Gasteiger partial charge in [0.2, 0.25) is 0 Å². The zero-order valence-corrected chi connectivity index (χ0v) is 10.5. The zero-order chi connectivity index (χ0) is 12.4. The Bertz CT molecular complexity index is 433. The number of likely N-dealkylation sites (N-methyl/N-ethyl adjacent to an activating group) is 1. The molecule has 1 aromatic rings. The number of benzene rings is 1. The minimum atomic E-state index is -0.425. The highest BCUT2D eigenvalue weighted by Crippen LogP contribution is 2.27. The van der Waals surface area contributed by atoms with Crippen molar-refractivity contribution in [1.82, 2.24) is 4.90 Å². The number of hydrogen-bond acceptors (Lipinski definition) is 3. The fourth-order valence-electron chi connectivity index (χ4n) is 1.85. The average molecular weight is 255 g/mol. The molecule has 0 N–H and O–H groups in total. The summed E-state index contributed by atoms with van der Waals surface area (Å²) in [6.45, 7) is 0.947. The van der Waals surface area contributed by atoms with Gasteiger partial charge >= 0.3 is 0 Å². The van der Waals surface area contributed by atoms with E-state index >= 15 is 0 Å². The second-order valence-corrected chi connectivity index (χ2v) is 4.90. The third kappa shape index (κ3) is 3.17. The molecule has 1 aliphatic rings. The summed E-state index contributed by atoms with van der Waals surface area (Å²) < 4.78 is 0. The van der Waals surface area contributed by atoms with Crippen LogP contribution >= 0.6 is 11.6 Å². The predicted molar refractivity (Wildman–Crippen MR) is 67.5 cm³/mol. The summed E-state index contributed by atoms with van der Waals surface area (Å²) in [4.78, 5) is 12.5. The van der Waals surface area contributed by atoms with E-state index in [0.717, 1.165) is 24.6 Å². The van der Waals surface area contributed by atoms with Crippen LogP contribution in [0.15, 0.2) is 18.2 Å². The van der Waals surface area contributed by atoms with E-state index in [1.54, 1.807) is 6.07 Å². The van der Waals surface area contributed by atoms with Gasteiger partial charge in [-0.3, -0.25) is 10.1 Å². The highest BCUT2D eigenvalue weighted by atomic mass is 35.5. The van der Waals surface area contributed by atoms with Crippen LogP contribution in [0.25, 0.3) is 0 Å². The van der Waals surface area contributed by atoms with Crippen molar-refractivity contribution in [2.45, 2.75) is 25.3 Å². The van der Waals surface area contributed by atoms with Gasteiger partial charge in [0, 0.05) is 24.7 Å². The zero-order valence-electron chi connectivity index (χ0n) is 9.73. The normalized spacial score (nSPS) is 15.2. The van der Waals surface area contributed by atoms with Gasteiger partial charge in [-0.15, -0.1) is 0 Å². The molecule has 17 heavy (non-hydrogen) atoms. The number of halogens is 1. The van der Waals surface area contributed by atoms with Gasteiger partial charge in [-0.05, 0) is 31.9 Å². The quantitative estimate of drug-likeness (QED) is 0.600. The maximum atomic E-state index is 10.6. The first kappa shape index (κ1) is 12.3. The number of rotatable bonds is 5. The van der Waals surface area contributed by atoms with E-state index in [0.29, 0.717) is 5.02 Å². The van der Waals surface area contributed by atoms with E-state index in [4.69, 9.17) is 11.6 Å². The molecule has 1 fully saturated rings. The molecule has 0 bridgehead atoms. The molecule has 0 amide bonds. The van der Waals surface area contributed by atoms with Crippen LogP contribution in [-0.4, -0.2) is 29.5 Å². The van der Waals surface area contributed by atoms with Gasteiger partial charge in [0.15, 0.2) is 0 Å². The number of non-ortho nitro benzene ring substituents is 1. The lowest BCUT2D eigenvalue weighted by Crippen LogP contribution is -2.23. The smallest absolute Gasteiger partial charge is 0.270 e. The molecule has 0 heterocycles. The molecule has 0 atom stereocenters. The molecule has 0 aliphatic heterocycles. The van der Waals surface area contributed by atoms with Gasteiger partial charge in [-0.1, -0.05) is 17.7 Å². The molecule has 4 nitrogen and oxygen atoms in total. The standard InChI is InChI=1S/C12H15ClN2O2/c1-14(10-4-5-10)7-6-9-2-3-11(15(16)17)8-12(9)13/h2-3,8,10H,4-7H2,1H3. The molecule has 2 rings (SSSR count). The van der Waals surface area contributed by atoms with Crippen LogP contribution in [-0.2, 0) is 6.42 Å². The Hall–Kier alpha value is -1.13. The molecule has 1 aromatic carbocycles. The predicted octanol–water partition coefficient (Wildman–Crippen LogP) is 2.88. The Kier molecular flexibility index (Phi) is 3.64. The van der Waals surface area contributed by atoms with Crippen molar-refractivity contribution in [2.24, 2.45) is 0 Å². The van der Waals surface area contributed by atoms with Gasteiger partial charge in [0.25, 0.3) is 5.69 Å². The van der Waals surface area contributed by atoms with Crippen LogP contribution in [0.1, 0.15) is 18.4 Å². The van der Waals surface area contributed by atoms with Crippen molar-refractivity contribution in [3.63, 3.8) is 0 Å². The van der Waals surface area contributed by atoms with Gasteiger partial charge in [0.05, 0.1) is 9.95 Å². The van der Waals surface area contributed by atoms with Crippen LogP contribution in [0.5, 0.6) is 0 Å². The number of nitro groups is 1. The van der Waals surface area contributed by atoms with Crippen LogP contribution < -0.4 is 0 Å². The van der Waals surface area contributed by atoms with Crippen LogP contribution in [0.4, 0.5) is 5.69 Å². The summed E-state index contributed by atoms with van der Waals surface area (Å²) in [6.07, 6.45) is 3.40. The van der Waals surface area contributed by atoms with Crippen molar-refractivity contribution < 1.29 is 4.92 Å². The minimum Gasteiger partial charge on any atom is -0.303 e. The summed E-state index contributed by atoms with van der Waals surface area (Å²) in [5.41, 5.74) is 1.03. The fraction of sp³-hybridized carbons (Fsp3) is 0.500. The largest absolute Gasteiger partial charge is 0.303 e. The van der Waals surface area contributed by atoms with E-state index in [1.807, 2.05) is 0 Å². The molecule has 5 heteroatoms. The third-order valence-corrected chi connectivity index (χ3v) is 3.50. The Morgan fingerprint density at radius 2 is 2.24 bits per heavy atom. The van der Waals surface area contributed by atoms with Crippen molar-refractivity contribution in [2.75, 3.05) is 13.6 Å². The average Bonchev–Trinajstić information content (AvgIpc) is 3.10.